The number of rotatable bonds is 5. The molecule has 0 saturated heterocycles. The van der Waals surface area contributed by atoms with Crippen LogP contribution in [-0.2, 0) is 11.2 Å². The van der Waals surface area contributed by atoms with Crippen molar-refractivity contribution < 1.29 is 14.3 Å². The number of anilines is 1. The third-order valence-corrected chi connectivity index (χ3v) is 4.52. The molecule has 1 fully saturated rings. The quantitative estimate of drug-likeness (QED) is 0.896. The Bertz CT molecular complexity index is 550. The first-order valence-corrected chi connectivity index (χ1v) is 8.42. The first kappa shape index (κ1) is 15.2. The molecular formula is C18H25NO3. The van der Waals surface area contributed by atoms with Crippen molar-refractivity contribution in [1.29, 1.82) is 0 Å². The van der Waals surface area contributed by atoms with Crippen molar-refractivity contribution >= 4 is 11.6 Å². The molecule has 1 heterocycles. The average molecular weight is 303 g/mol. The Morgan fingerprint density at radius 2 is 2.14 bits per heavy atom. The van der Waals surface area contributed by atoms with Crippen molar-refractivity contribution in [2.24, 2.45) is 5.92 Å². The highest BCUT2D eigenvalue weighted by atomic mass is 16.5. The van der Waals surface area contributed by atoms with Gasteiger partial charge in [-0.2, -0.15) is 0 Å². The van der Waals surface area contributed by atoms with Crippen LogP contribution in [0.1, 0.15) is 51.5 Å². The summed E-state index contributed by atoms with van der Waals surface area (Å²) in [7, 11) is 0. The second-order valence-electron chi connectivity index (χ2n) is 6.42. The van der Waals surface area contributed by atoms with Gasteiger partial charge in [0.05, 0.1) is 12.3 Å². The number of benzene rings is 1. The summed E-state index contributed by atoms with van der Waals surface area (Å²) in [5.41, 5.74) is 1.89. The van der Waals surface area contributed by atoms with Crippen LogP contribution in [0.5, 0.6) is 11.5 Å². The third kappa shape index (κ3) is 3.37. The number of ether oxygens (including phenoxy) is 2. The summed E-state index contributed by atoms with van der Waals surface area (Å²) in [6.07, 6.45) is 6.56. The smallest absolute Gasteiger partial charge is 0.224 e. The lowest BCUT2D eigenvalue weighted by atomic mass is 10.0. The van der Waals surface area contributed by atoms with Gasteiger partial charge in [-0.3, -0.25) is 4.79 Å². The molecule has 22 heavy (non-hydrogen) atoms. The van der Waals surface area contributed by atoms with Gasteiger partial charge in [0.25, 0.3) is 0 Å². The van der Waals surface area contributed by atoms with Crippen LogP contribution in [0, 0.1) is 5.92 Å². The van der Waals surface area contributed by atoms with E-state index in [1.807, 2.05) is 19.1 Å². The number of fused-ring (bicyclic) bond motifs is 1. The standard InChI is InChI=1S/C18H25NO3/c1-3-21-17-10-14-8-12(2)22-16(14)11-15(17)19-18(20)9-13-6-4-5-7-13/h10-13H,3-9H2,1-2H3,(H,19,20)/t12-/m0/s1. The van der Waals surface area contributed by atoms with Gasteiger partial charge in [-0.1, -0.05) is 12.8 Å². The lowest BCUT2D eigenvalue weighted by molar-refractivity contribution is -0.117. The van der Waals surface area contributed by atoms with Crippen molar-refractivity contribution in [2.45, 2.75) is 58.5 Å². The van der Waals surface area contributed by atoms with Crippen molar-refractivity contribution in [3.05, 3.63) is 17.7 Å². The van der Waals surface area contributed by atoms with Crippen LogP contribution < -0.4 is 14.8 Å². The first-order valence-electron chi connectivity index (χ1n) is 8.42. The van der Waals surface area contributed by atoms with E-state index < -0.39 is 0 Å². The highest BCUT2D eigenvalue weighted by Gasteiger charge is 2.23. The van der Waals surface area contributed by atoms with E-state index in [1.54, 1.807) is 0 Å². The molecule has 1 aliphatic carbocycles. The van der Waals surface area contributed by atoms with Crippen LogP contribution in [-0.4, -0.2) is 18.6 Å². The van der Waals surface area contributed by atoms with E-state index in [-0.39, 0.29) is 12.0 Å². The summed E-state index contributed by atoms with van der Waals surface area (Å²) in [5, 5.41) is 3.02. The Balaban J connectivity index is 1.73. The van der Waals surface area contributed by atoms with Gasteiger partial charge in [0, 0.05) is 24.5 Å². The number of hydrogen-bond donors (Lipinski definition) is 1. The number of nitrogens with one attached hydrogen (secondary N) is 1. The molecule has 1 aromatic carbocycles. The van der Waals surface area contributed by atoms with E-state index in [2.05, 4.69) is 12.2 Å². The van der Waals surface area contributed by atoms with Gasteiger partial charge in [0.1, 0.15) is 17.6 Å². The molecule has 1 amide bonds. The van der Waals surface area contributed by atoms with Gasteiger partial charge in [0.2, 0.25) is 5.91 Å². The van der Waals surface area contributed by atoms with E-state index in [1.165, 1.54) is 25.7 Å². The molecule has 1 aliphatic heterocycles. The average Bonchev–Trinajstić information content (AvgIpc) is 3.07. The third-order valence-electron chi connectivity index (χ3n) is 4.52. The maximum Gasteiger partial charge on any atom is 0.224 e. The SMILES string of the molecule is CCOc1cc2c(cc1NC(=O)CC1CCCC1)O[C@@H](C)C2. The zero-order valence-corrected chi connectivity index (χ0v) is 13.5. The van der Waals surface area contributed by atoms with Gasteiger partial charge in [-0.05, 0) is 38.7 Å². The molecule has 0 unspecified atom stereocenters. The fourth-order valence-electron chi connectivity index (χ4n) is 3.49. The van der Waals surface area contributed by atoms with Crippen molar-refractivity contribution in [2.75, 3.05) is 11.9 Å². The summed E-state index contributed by atoms with van der Waals surface area (Å²) in [6.45, 7) is 4.59. The van der Waals surface area contributed by atoms with E-state index >= 15 is 0 Å². The van der Waals surface area contributed by atoms with Crippen LogP contribution in [0.4, 0.5) is 5.69 Å². The molecule has 1 atom stereocenters. The monoisotopic (exact) mass is 303 g/mol. The fourth-order valence-corrected chi connectivity index (χ4v) is 3.49. The fraction of sp³-hybridized carbons (Fsp3) is 0.611. The highest BCUT2D eigenvalue weighted by Crippen LogP contribution is 2.38. The molecule has 1 aromatic rings. The van der Waals surface area contributed by atoms with E-state index in [0.717, 1.165) is 29.2 Å². The van der Waals surface area contributed by atoms with Gasteiger partial charge < -0.3 is 14.8 Å². The molecule has 3 rings (SSSR count). The molecular weight excluding hydrogens is 278 g/mol. The predicted molar refractivity (Wildman–Crippen MR) is 86.6 cm³/mol. The molecule has 2 aliphatic rings. The Morgan fingerprint density at radius 1 is 1.36 bits per heavy atom. The van der Waals surface area contributed by atoms with Crippen LogP contribution in [0.2, 0.25) is 0 Å². The minimum atomic E-state index is 0.0823. The topological polar surface area (TPSA) is 47.6 Å². The van der Waals surface area contributed by atoms with Crippen molar-refractivity contribution in [3.8, 4) is 11.5 Å². The molecule has 4 heteroatoms. The molecule has 1 N–H and O–H groups in total. The van der Waals surface area contributed by atoms with Crippen LogP contribution in [0.15, 0.2) is 12.1 Å². The van der Waals surface area contributed by atoms with E-state index in [0.29, 0.717) is 18.9 Å². The van der Waals surface area contributed by atoms with Gasteiger partial charge in [0.15, 0.2) is 0 Å². The van der Waals surface area contributed by atoms with Crippen LogP contribution >= 0.6 is 0 Å². The molecule has 120 valence electrons. The molecule has 0 spiro atoms. The predicted octanol–water partition coefficient (Wildman–Crippen LogP) is 3.93. The minimum Gasteiger partial charge on any atom is -0.492 e. The summed E-state index contributed by atoms with van der Waals surface area (Å²) in [4.78, 5) is 12.3. The Hall–Kier alpha value is -1.71. The first-order chi connectivity index (χ1) is 10.7. The Kier molecular flexibility index (Phi) is 4.55. The normalized spacial score (nSPS) is 20.5. The summed E-state index contributed by atoms with van der Waals surface area (Å²) < 4.78 is 11.5. The molecule has 0 bridgehead atoms. The van der Waals surface area contributed by atoms with Gasteiger partial charge in [-0.15, -0.1) is 0 Å². The number of hydrogen-bond acceptors (Lipinski definition) is 3. The summed E-state index contributed by atoms with van der Waals surface area (Å²) >= 11 is 0. The highest BCUT2D eigenvalue weighted by molar-refractivity contribution is 5.93. The maximum atomic E-state index is 12.3. The lowest BCUT2D eigenvalue weighted by Gasteiger charge is -2.15. The van der Waals surface area contributed by atoms with E-state index in [9.17, 15) is 4.79 Å². The Morgan fingerprint density at radius 3 is 2.86 bits per heavy atom. The number of carbonyl (C=O) groups excluding carboxylic acids is 1. The zero-order valence-electron chi connectivity index (χ0n) is 13.5. The second-order valence-corrected chi connectivity index (χ2v) is 6.42. The maximum absolute atomic E-state index is 12.3. The molecule has 0 aromatic heterocycles. The van der Waals surface area contributed by atoms with Crippen LogP contribution in [0.3, 0.4) is 0 Å². The lowest BCUT2D eigenvalue weighted by Crippen LogP contribution is -2.16. The van der Waals surface area contributed by atoms with Crippen LogP contribution in [0.25, 0.3) is 0 Å². The summed E-state index contributed by atoms with van der Waals surface area (Å²) in [6, 6.07) is 3.92. The minimum absolute atomic E-state index is 0.0823. The summed E-state index contributed by atoms with van der Waals surface area (Å²) in [5.74, 6) is 2.24. The van der Waals surface area contributed by atoms with Gasteiger partial charge >= 0.3 is 0 Å². The zero-order chi connectivity index (χ0) is 15.5. The number of amides is 1. The second kappa shape index (κ2) is 6.59. The van der Waals surface area contributed by atoms with E-state index in [4.69, 9.17) is 9.47 Å². The molecule has 4 nitrogen and oxygen atoms in total. The largest absolute Gasteiger partial charge is 0.492 e. The Labute approximate surface area is 132 Å². The van der Waals surface area contributed by atoms with Gasteiger partial charge in [-0.25, -0.2) is 0 Å². The molecule has 0 radical (unpaired) electrons. The van der Waals surface area contributed by atoms with Crippen molar-refractivity contribution in [1.82, 2.24) is 0 Å². The molecule has 1 saturated carbocycles. The number of carbonyl (C=O) groups is 1. The van der Waals surface area contributed by atoms with Crippen molar-refractivity contribution in [3.63, 3.8) is 0 Å².